The minimum atomic E-state index is -0.0343. The summed E-state index contributed by atoms with van der Waals surface area (Å²) in [5.41, 5.74) is 10.1. The highest BCUT2D eigenvalue weighted by Crippen LogP contribution is 2.41. The molecule has 1 heterocycles. The minimum absolute atomic E-state index is 0.0296. The van der Waals surface area contributed by atoms with Gasteiger partial charge in [-0.3, -0.25) is 4.98 Å². The Morgan fingerprint density at radius 2 is 1.70 bits per heavy atom. The molecular formula is C18H24N2. The van der Waals surface area contributed by atoms with Gasteiger partial charge in [-0.2, -0.15) is 0 Å². The Bertz CT molecular complexity index is 527. The molecule has 0 aliphatic rings. The number of nitrogens with two attached hydrogens (primary N) is 1. The Hall–Kier alpha value is -1.67. The lowest BCUT2D eigenvalue weighted by Gasteiger charge is -2.38. The van der Waals surface area contributed by atoms with Crippen molar-refractivity contribution in [2.45, 2.75) is 45.1 Å². The molecule has 0 saturated carbocycles. The summed E-state index contributed by atoms with van der Waals surface area (Å²) in [7, 11) is 0. The molecule has 1 aromatic heterocycles. The van der Waals surface area contributed by atoms with E-state index in [9.17, 15) is 0 Å². The van der Waals surface area contributed by atoms with Gasteiger partial charge in [0, 0.05) is 23.3 Å². The zero-order valence-corrected chi connectivity index (χ0v) is 12.6. The Balaban J connectivity index is 2.45. The molecule has 0 aliphatic carbocycles. The van der Waals surface area contributed by atoms with Crippen molar-refractivity contribution in [3.63, 3.8) is 0 Å². The third kappa shape index (κ3) is 2.61. The molecule has 0 bridgehead atoms. The molecule has 2 nitrogen and oxygen atoms in total. The summed E-state index contributed by atoms with van der Waals surface area (Å²) in [5, 5.41) is 0. The van der Waals surface area contributed by atoms with E-state index >= 15 is 0 Å². The minimum Gasteiger partial charge on any atom is -0.323 e. The van der Waals surface area contributed by atoms with Crippen molar-refractivity contribution in [3.05, 3.63) is 65.5 Å². The average Bonchev–Trinajstić information content (AvgIpc) is 2.51. The molecule has 2 N–H and O–H groups in total. The number of aryl methyl sites for hydroxylation is 1. The summed E-state index contributed by atoms with van der Waals surface area (Å²) in [6.07, 6.45) is 3.95. The largest absolute Gasteiger partial charge is 0.323 e. The predicted octanol–water partition coefficient (Wildman–Crippen LogP) is 4.15. The van der Waals surface area contributed by atoms with E-state index in [0.29, 0.717) is 0 Å². The van der Waals surface area contributed by atoms with Crippen LogP contribution in [0.5, 0.6) is 0 Å². The lowest BCUT2D eigenvalue weighted by atomic mass is 9.68. The molecule has 2 rings (SSSR count). The van der Waals surface area contributed by atoms with E-state index in [1.807, 2.05) is 19.2 Å². The number of rotatable bonds is 5. The fourth-order valence-corrected chi connectivity index (χ4v) is 3.03. The third-order valence-corrected chi connectivity index (χ3v) is 4.50. The smallest absolute Gasteiger partial charge is 0.0408 e. The molecule has 0 spiro atoms. The molecule has 1 aromatic carbocycles. The number of aromatic nitrogens is 1. The first-order valence-corrected chi connectivity index (χ1v) is 7.37. The fraction of sp³-hybridized carbons (Fsp3) is 0.389. The van der Waals surface area contributed by atoms with Crippen molar-refractivity contribution >= 4 is 0 Å². The van der Waals surface area contributed by atoms with Gasteiger partial charge in [0.15, 0.2) is 0 Å². The standard InChI is InChI=1S/C18H24N2/c1-4-18(5-2,16-9-7-6-8-10-16)17(19)15-12-11-14(3)20-13-15/h6-13,17H,4-5,19H2,1-3H3. The van der Waals surface area contributed by atoms with Crippen molar-refractivity contribution in [2.24, 2.45) is 5.73 Å². The lowest BCUT2D eigenvalue weighted by molar-refractivity contribution is 0.321. The quantitative estimate of drug-likeness (QED) is 0.884. The fourth-order valence-electron chi connectivity index (χ4n) is 3.03. The molecule has 106 valence electrons. The normalized spacial score (nSPS) is 13.2. The highest BCUT2D eigenvalue weighted by Gasteiger charge is 2.36. The zero-order valence-electron chi connectivity index (χ0n) is 12.6. The van der Waals surface area contributed by atoms with E-state index < -0.39 is 0 Å². The first kappa shape index (κ1) is 14.7. The maximum absolute atomic E-state index is 6.64. The maximum Gasteiger partial charge on any atom is 0.0408 e. The van der Waals surface area contributed by atoms with Crippen LogP contribution in [0.3, 0.4) is 0 Å². The van der Waals surface area contributed by atoms with Crippen LogP contribution in [0.25, 0.3) is 0 Å². The first-order chi connectivity index (χ1) is 9.64. The van der Waals surface area contributed by atoms with Crippen molar-refractivity contribution < 1.29 is 0 Å². The molecule has 0 fully saturated rings. The van der Waals surface area contributed by atoms with Gasteiger partial charge in [-0.25, -0.2) is 0 Å². The summed E-state index contributed by atoms with van der Waals surface area (Å²) < 4.78 is 0. The van der Waals surface area contributed by atoms with Crippen LogP contribution in [0, 0.1) is 6.92 Å². The third-order valence-electron chi connectivity index (χ3n) is 4.50. The van der Waals surface area contributed by atoms with Crippen LogP contribution in [-0.4, -0.2) is 4.98 Å². The van der Waals surface area contributed by atoms with E-state index in [-0.39, 0.29) is 11.5 Å². The van der Waals surface area contributed by atoms with Crippen LogP contribution in [0.2, 0.25) is 0 Å². The topological polar surface area (TPSA) is 38.9 Å². The monoisotopic (exact) mass is 268 g/mol. The van der Waals surface area contributed by atoms with Gasteiger partial charge in [0.05, 0.1) is 0 Å². The summed E-state index contributed by atoms with van der Waals surface area (Å²) >= 11 is 0. The second kappa shape index (κ2) is 6.19. The van der Waals surface area contributed by atoms with Gasteiger partial charge in [0.1, 0.15) is 0 Å². The van der Waals surface area contributed by atoms with E-state index in [1.54, 1.807) is 0 Å². The van der Waals surface area contributed by atoms with Gasteiger partial charge in [0.25, 0.3) is 0 Å². The molecule has 1 unspecified atom stereocenters. The number of nitrogens with zero attached hydrogens (tertiary/aromatic N) is 1. The zero-order chi connectivity index (χ0) is 14.6. The Labute approximate surface area is 122 Å². The van der Waals surface area contributed by atoms with Crippen LogP contribution in [0.1, 0.15) is 49.6 Å². The Morgan fingerprint density at radius 1 is 1.05 bits per heavy atom. The van der Waals surface area contributed by atoms with Crippen molar-refractivity contribution in [1.82, 2.24) is 4.98 Å². The Morgan fingerprint density at radius 3 is 2.20 bits per heavy atom. The van der Waals surface area contributed by atoms with Gasteiger partial charge in [-0.15, -0.1) is 0 Å². The van der Waals surface area contributed by atoms with E-state index in [0.717, 1.165) is 24.1 Å². The van der Waals surface area contributed by atoms with Crippen LogP contribution in [-0.2, 0) is 5.41 Å². The van der Waals surface area contributed by atoms with Gasteiger partial charge in [-0.1, -0.05) is 50.2 Å². The summed E-state index contributed by atoms with van der Waals surface area (Å²) in [6.45, 7) is 6.44. The maximum atomic E-state index is 6.64. The van der Waals surface area contributed by atoms with Gasteiger partial charge in [0.2, 0.25) is 0 Å². The second-order valence-corrected chi connectivity index (χ2v) is 5.44. The second-order valence-electron chi connectivity index (χ2n) is 5.44. The molecule has 20 heavy (non-hydrogen) atoms. The van der Waals surface area contributed by atoms with Gasteiger partial charge in [-0.05, 0) is 37.0 Å². The van der Waals surface area contributed by atoms with Crippen molar-refractivity contribution in [1.29, 1.82) is 0 Å². The number of hydrogen-bond donors (Lipinski definition) is 1. The molecule has 0 amide bonds. The van der Waals surface area contributed by atoms with Crippen LogP contribution in [0.15, 0.2) is 48.7 Å². The first-order valence-electron chi connectivity index (χ1n) is 7.37. The van der Waals surface area contributed by atoms with Gasteiger partial charge >= 0.3 is 0 Å². The molecule has 0 saturated heterocycles. The van der Waals surface area contributed by atoms with Crippen LogP contribution < -0.4 is 5.73 Å². The summed E-state index contributed by atoms with van der Waals surface area (Å²) in [4.78, 5) is 4.40. The SMILES string of the molecule is CCC(CC)(c1ccccc1)C(N)c1ccc(C)nc1. The average molecular weight is 268 g/mol. The number of hydrogen-bond acceptors (Lipinski definition) is 2. The van der Waals surface area contributed by atoms with Crippen molar-refractivity contribution in [3.8, 4) is 0 Å². The van der Waals surface area contributed by atoms with Crippen LogP contribution in [0.4, 0.5) is 0 Å². The highest BCUT2D eigenvalue weighted by atomic mass is 14.7. The molecule has 0 radical (unpaired) electrons. The van der Waals surface area contributed by atoms with Crippen molar-refractivity contribution in [2.75, 3.05) is 0 Å². The van der Waals surface area contributed by atoms with Gasteiger partial charge < -0.3 is 5.73 Å². The molecular weight excluding hydrogens is 244 g/mol. The lowest BCUT2D eigenvalue weighted by Crippen LogP contribution is -2.38. The van der Waals surface area contributed by atoms with Crippen LogP contribution >= 0.6 is 0 Å². The van der Waals surface area contributed by atoms with E-state index in [2.05, 4.69) is 55.2 Å². The van der Waals surface area contributed by atoms with E-state index in [4.69, 9.17) is 5.73 Å². The summed E-state index contributed by atoms with van der Waals surface area (Å²) in [5.74, 6) is 0. The number of benzene rings is 1. The number of pyridine rings is 1. The molecule has 0 aliphatic heterocycles. The predicted molar refractivity (Wildman–Crippen MR) is 84.6 cm³/mol. The van der Waals surface area contributed by atoms with E-state index in [1.165, 1.54) is 5.56 Å². The Kier molecular flexibility index (Phi) is 4.56. The summed E-state index contributed by atoms with van der Waals surface area (Å²) in [6, 6.07) is 14.7. The molecule has 2 aromatic rings. The molecule has 2 heteroatoms. The highest BCUT2D eigenvalue weighted by molar-refractivity contribution is 5.32. The molecule has 1 atom stereocenters.